The average molecular weight is 218 g/mol. The van der Waals surface area contributed by atoms with Crippen molar-refractivity contribution in [3.05, 3.63) is 0 Å². The molecule has 0 saturated heterocycles. The summed E-state index contributed by atoms with van der Waals surface area (Å²) in [6, 6.07) is 0. The van der Waals surface area contributed by atoms with Gasteiger partial charge in [-0.3, -0.25) is 4.79 Å². The molecule has 0 aliphatic heterocycles. The number of carboxylic acid groups (broad SMARTS) is 1. The van der Waals surface area contributed by atoms with Crippen LogP contribution in [0.2, 0.25) is 0 Å². The SMILES string of the molecule is NCCCCC(=O)NCCC(O)C(=O)O. The molecule has 0 aromatic carbocycles. The maximum absolute atomic E-state index is 11.1. The van der Waals surface area contributed by atoms with Gasteiger partial charge in [-0.1, -0.05) is 0 Å². The topological polar surface area (TPSA) is 113 Å². The molecule has 15 heavy (non-hydrogen) atoms. The van der Waals surface area contributed by atoms with E-state index in [0.29, 0.717) is 13.0 Å². The number of unbranched alkanes of at least 4 members (excludes halogenated alkanes) is 1. The minimum absolute atomic E-state index is 0.0258. The fourth-order valence-corrected chi connectivity index (χ4v) is 0.990. The molecule has 6 nitrogen and oxygen atoms in total. The number of carboxylic acids is 1. The highest BCUT2D eigenvalue weighted by atomic mass is 16.4. The molecule has 0 radical (unpaired) electrons. The first-order valence-electron chi connectivity index (χ1n) is 4.95. The van der Waals surface area contributed by atoms with Crippen molar-refractivity contribution in [2.45, 2.75) is 31.8 Å². The van der Waals surface area contributed by atoms with E-state index in [2.05, 4.69) is 5.32 Å². The van der Waals surface area contributed by atoms with Crippen molar-refractivity contribution in [2.75, 3.05) is 13.1 Å². The molecule has 0 aromatic heterocycles. The molecule has 88 valence electrons. The smallest absolute Gasteiger partial charge is 0.332 e. The summed E-state index contributed by atoms with van der Waals surface area (Å²) in [4.78, 5) is 21.3. The van der Waals surface area contributed by atoms with E-state index in [9.17, 15) is 9.59 Å². The van der Waals surface area contributed by atoms with Gasteiger partial charge in [0.05, 0.1) is 0 Å². The van der Waals surface area contributed by atoms with E-state index in [-0.39, 0.29) is 18.9 Å². The van der Waals surface area contributed by atoms with Crippen LogP contribution < -0.4 is 11.1 Å². The summed E-state index contributed by atoms with van der Waals surface area (Å²) in [5.41, 5.74) is 5.26. The first-order valence-corrected chi connectivity index (χ1v) is 4.95. The Morgan fingerprint density at radius 2 is 2.00 bits per heavy atom. The standard InChI is InChI=1S/C9H18N2O4/c10-5-2-1-3-8(13)11-6-4-7(12)9(14)15/h7,12H,1-6,10H2,(H,11,13)(H,14,15). The van der Waals surface area contributed by atoms with Crippen molar-refractivity contribution in [1.29, 1.82) is 0 Å². The lowest BCUT2D eigenvalue weighted by Crippen LogP contribution is -2.29. The molecular weight excluding hydrogens is 200 g/mol. The first kappa shape index (κ1) is 13.9. The van der Waals surface area contributed by atoms with E-state index >= 15 is 0 Å². The third-order valence-corrected chi connectivity index (χ3v) is 1.88. The van der Waals surface area contributed by atoms with Crippen LogP contribution in [0.1, 0.15) is 25.7 Å². The van der Waals surface area contributed by atoms with Crippen molar-refractivity contribution < 1.29 is 19.8 Å². The number of hydrogen-bond acceptors (Lipinski definition) is 4. The highest BCUT2D eigenvalue weighted by molar-refractivity contribution is 5.76. The minimum atomic E-state index is -1.41. The number of carbonyl (C=O) groups is 2. The normalized spacial score (nSPS) is 12.1. The second kappa shape index (κ2) is 8.19. The number of aliphatic hydroxyl groups is 1. The van der Waals surface area contributed by atoms with Gasteiger partial charge in [-0.25, -0.2) is 4.79 Å². The van der Waals surface area contributed by atoms with Crippen LogP contribution >= 0.6 is 0 Å². The molecule has 6 heteroatoms. The van der Waals surface area contributed by atoms with Crippen molar-refractivity contribution in [2.24, 2.45) is 5.73 Å². The Hall–Kier alpha value is -1.14. The van der Waals surface area contributed by atoms with E-state index in [1.165, 1.54) is 0 Å². The maximum Gasteiger partial charge on any atom is 0.332 e. The number of hydrogen-bond donors (Lipinski definition) is 4. The summed E-state index contributed by atoms with van der Waals surface area (Å²) in [6.45, 7) is 0.736. The molecular formula is C9H18N2O4. The molecule has 0 saturated carbocycles. The molecule has 0 aromatic rings. The summed E-state index contributed by atoms with van der Waals surface area (Å²) < 4.78 is 0. The zero-order valence-electron chi connectivity index (χ0n) is 8.61. The molecule has 0 aliphatic rings. The average Bonchev–Trinajstić information content (AvgIpc) is 2.18. The molecule has 1 atom stereocenters. The Balaban J connectivity index is 3.42. The van der Waals surface area contributed by atoms with Crippen LogP contribution in [0.25, 0.3) is 0 Å². The number of aliphatic carboxylic acids is 1. The Bertz CT molecular complexity index is 208. The summed E-state index contributed by atoms with van der Waals surface area (Å²) >= 11 is 0. The molecule has 0 fully saturated rings. The summed E-state index contributed by atoms with van der Waals surface area (Å²) in [6.07, 6.45) is 0.530. The number of rotatable bonds is 8. The Morgan fingerprint density at radius 1 is 1.33 bits per heavy atom. The number of carbonyl (C=O) groups excluding carboxylic acids is 1. The lowest BCUT2D eigenvalue weighted by molar-refractivity contribution is -0.147. The highest BCUT2D eigenvalue weighted by Crippen LogP contribution is 1.94. The van der Waals surface area contributed by atoms with Crippen LogP contribution in [-0.2, 0) is 9.59 Å². The predicted octanol–water partition coefficient (Wildman–Crippen LogP) is -0.933. The summed E-state index contributed by atoms with van der Waals surface area (Å²) in [5.74, 6) is -1.41. The van der Waals surface area contributed by atoms with E-state index < -0.39 is 12.1 Å². The van der Waals surface area contributed by atoms with Crippen LogP contribution in [0.15, 0.2) is 0 Å². The van der Waals surface area contributed by atoms with Gasteiger partial charge in [-0.05, 0) is 19.4 Å². The van der Waals surface area contributed by atoms with Gasteiger partial charge < -0.3 is 21.3 Å². The van der Waals surface area contributed by atoms with Crippen LogP contribution in [0, 0.1) is 0 Å². The van der Waals surface area contributed by atoms with Crippen LogP contribution in [0.5, 0.6) is 0 Å². The minimum Gasteiger partial charge on any atom is -0.479 e. The lowest BCUT2D eigenvalue weighted by atomic mass is 10.2. The Labute approximate surface area is 88.5 Å². The van der Waals surface area contributed by atoms with Gasteiger partial charge in [0.1, 0.15) is 0 Å². The zero-order chi connectivity index (χ0) is 11.7. The fourth-order valence-electron chi connectivity index (χ4n) is 0.990. The van der Waals surface area contributed by atoms with Gasteiger partial charge in [0.25, 0.3) is 0 Å². The van der Waals surface area contributed by atoms with Crippen LogP contribution in [0.3, 0.4) is 0 Å². The van der Waals surface area contributed by atoms with Gasteiger partial charge in [0, 0.05) is 19.4 Å². The molecule has 0 rings (SSSR count). The van der Waals surface area contributed by atoms with E-state index in [4.69, 9.17) is 15.9 Å². The van der Waals surface area contributed by atoms with Crippen molar-refractivity contribution in [3.8, 4) is 0 Å². The predicted molar refractivity (Wildman–Crippen MR) is 54.2 cm³/mol. The van der Waals surface area contributed by atoms with Gasteiger partial charge in [-0.2, -0.15) is 0 Å². The van der Waals surface area contributed by atoms with E-state index in [1.807, 2.05) is 0 Å². The van der Waals surface area contributed by atoms with Gasteiger partial charge in [0.15, 0.2) is 6.10 Å². The van der Waals surface area contributed by atoms with E-state index in [0.717, 1.165) is 12.8 Å². The van der Waals surface area contributed by atoms with Crippen molar-refractivity contribution >= 4 is 11.9 Å². The van der Waals surface area contributed by atoms with Gasteiger partial charge >= 0.3 is 5.97 Å². The third kappa shape index (κ3) is 7.90. The maximum atomic E-state index is 11.1. The molecule has 5 N–H and O–H groups in total. The summed E-state index contributed by atoms with van der Waals surface area (Å²) in [7, 11) is 0. The molecule has 0 bridgehead atoms. The van der Waals surface area contributed by atoms with Gasteiger partial charge in [0.2, 0.25) is 5.91 Å². The van der Waals surface area contributed by atoms with Gasteiger partial charge in [-0.15, -0.1) is 0 Å². The molecule has 1 amide bonds. The Kier molecular flexibility index (Phi) is 7.57. The third-order valence-electron chi connectivity index (χ3n) is 1.88. The molecule has 0 spiro atoms. The number of nitrogens with one attached hydrogen (secondary N) is 1. The lowest BCUT2D eigenvalue weighted by Gasteiger charge is -2.06. The molecule has 0 aliphatic carbocycles. The second-order valence-electron chi connectivity index (χ2n) is 3.24. The van der Waals surface area contributed by atoms with Crippen molar-refractivity contribution in [1.82, 2.24) is 5.32 Å². The van der Waals surface area contributed by atoms with Crippen molar-refractivity contribution in [3.63, 3.8) is 0 Å². The largest absolute Gasteiger partial charge is 0.479 e. The summed E-state index contributed by atoms with van der Waals surface area (Å²) in [5, 5.41) is 19.8. The second-order valence-corrected chi connectivity index (χ2v) is 3.24. The van der Waals surface area contributed by atoms with Crippen LogP contribution in [0.4, 0.5) is 0 Å². The fraction of sp³-hybridized carbons (Fsp3) is 0.778. The highest BCUT2D eigenvalue weighted by Gasteiger charge is 2.12. The number of nitrogens with two attached hydrogens (primary N) is 1. The first-order chi connectivity index (χ1) is 7.07. The van der Waals surface area contributed by atoms with E-state index in [1.54, 1.807) is 0 Å². The monoisotopic (exact) mass is 218 g/mol. The molecule has 1 unspecified atom stereocenters. The van der Waals surface area contributed by atoms with Crippen LogP contribution in [-0.4, -0.2) is 41.3 Å². The number of amides is 1. The number of aliphatic hydroxyl groups excluding tert-OH is 1. The Morgan fingerprint density at radius 3 is 2.53 bits per heavy atom. The zero-order valence-corrected chi connectivity index (χ0v) is 8.61. The quantitative estimate of drug-likeness (QED) is 0.393. The molecule has 0 heterocycles.